The zero-order chi connectivity index (χ0) is 9.42. The molecule has 0 aliphatic heterocycles. The molecule has 0 aromatic carbocycles. The number of nitrogens with zero attached hydrogens (tertiary/aromatic N) is 3. The van der Waals surface area contributed by atoms with E-state index in [1.54, 1.807) is 12.4 Å². The highest BCUT2D eigenvalue weighted by atomic mass is 79.9. The second-order valence-corrected chi connectivity index (χ2v) is 3.80. The maximum atomic E-state index is 5.78. The summed E-state index contributed by atoms with van der Waals surface area (Å²) in [7, 11) is 0. The van der Waals surface area contributed by atoms with Gasteiger partial charge in [0.15, 0.2) is 0 Å². The van der Waals surface area contributed by atoms with Crippen molar-refractivity contribution in [1.29, 1.82) is 0 Å². The minimum absolute atomic E-state index is 0.190. The van der Waals surface area contributed by atoms with E-state index >= 15 is 0 Å². The maximum Gasteiger partial charge on any atom is 0.222 e. The molecule has 6 heteroatoms. The van der Waals surface area contributed by atoms with Crippen molar-refractivity contribution < 1.29 is 0 Å². The third kappa shape index (κ3) is 1.61. The summed E-state index contributed by atoms with van der Waals surface area (Å²) in [6.07, 6.45) is 3.19. The Balaban J connectivity index is 2.89. The third-order valence-electron chi connectivity index (χ3n) is 1.49. The van der Waals surface area contributed by atoms with Crippen molar-refractivity contribution in [1.82, 2.24) is 15.0 Å². The van der Waals surface area contributed by atoms with Gasteiger partial charge in [-0.2, -0.15) is 0 Å². The molecule has 3 nitrogen and oxygen atoms in total. The largest absolute Gasteiger partial charge is 0.243 e. The molecule has 0 aliphatic carbocycles. The van der Waals surface area contributed by atoms with Gasteiger partial charge in [0.2, 0.25) is 5.28 Å². The molecule has 0 N–H and O–H groups in total. The van der Waals surface area contributed by atoms with E-state index in [-0.39, 0.29) is 5.28 Å². The van der Waals surface area contributed by atoms with Crippen LogP contribution in [-0.2, 0) is 0 Å². The zero-order valence-corrected chi connectivity index (χ0v) is 9.23. The molecule has 2 heterocycles. The van der Waals surface area contributed by atoms with E-state index < -0.39 is 0 Å². The number of pyridine rings is 1. The molecule has 0 radical (unpaired) electrons. The van der Waals surface area contributed by atoms with Gasteiger partial charge in [-0.3, -0.25) is 0 Å². The van der Waals surface area contributed by atoms with Crippen LogP contribution in [0.5, 0.6) is 0 Å². The lowest BCUT2D eigenvalue weighted by Crippen LogP contribution is -1.87. The summed E-state index contributed by atoms with van der Waals surface area (Å²) in [6, 6.07) is 0. The van der Waals surface area contributed by atoms with Crippen molar-refractivity contribution in [2.24, 2.45) is 0 Å². The molecule has 2 aromatic heterocycles. The van der Waals surface area contributed by atoms with Crippen molar-refractivity contribution in [2.45, 2.75) is 0 Å². The zero-order valence-electron chi connectivity index (χ0n) is 6.13. The van der Waals surface area contributed by atoms with E-state index in [0.717, 1.165) is 5.39 Å². The number of aromatic nitrogens is 3. The SMILES string of the molecule is Clc1ncc2cnc(Cl)c(Br)c2n1. The molecular formula is C7H2BrCl2N3. The van der Waals surface area contributed by atoms with Crippen LogP contribution in [0.1, 0.15) is 0 Å². The standard InChI is InChI=1S/C7H2BrCl2N3/c8-4-5-3(1-11-6(4)9)2-12-7(10)13-5/h1-2H. The molecule has 0 unspecified atom stereocenters. The normalized spacial score (nSPS) is 10.7. The Kier molecular flexibility index (Phi) is 2.36. The summed E-state index contributed by atoms with van der Waals surface area (Å²) < 4.78 is 0.635. The predicted molar refractivity (Wildman–Crippen MR) is 55.1 cm³/mol. The molecule has 0 saturated heterocycles. The minimum Gasteiger partial charge on any atom is -0.243 e. The molecular weight excluding hydrogens is 277 g/mol. The Morgan fingerprint density at radius 1 is 1.15 bits per heavy atom. The predicted octanol–water partition coefficient (Wildman–Crippen LogP) is 3.09. The van der Waals surface area contributed by atoms with E-state index in [1.165, 1.54) is 0 Å². The summed E-state index contributed by atoms with van der Waals surface area (Å²) in [5.41, 5.74) is 0.667. The first-order valence-electron chi connectivity index (χ1n) is 3.31. The second-order valence-electron chi connectivity index (χ2n) is 2.31. The molecule has 0 fully saturated rings. The molecule has 0 aliphatic rings. The Bertz CT molecular complexity index is 469. The highest BCUT2D eigenvalue weighted by molar-refractivity contribution is 9.10. The van der Waals surface area contributed by atoms with Crippen LogP contribution in [0.2, 0.25) is 10.4 Å². The van der Waals surface area contributed by atoms with Crippen molar-refractivity contribution >= 4 is 50.0 Å². The topological polar surface area (TPSA) is 38.7 Å². The number of halogens is 3. The van der Waals surface area contributed by atoms with Crippen molar-refractivity contribution in [3.63, 3.8) is 0 Å². The number of hydrogen-bond acceptors (Lipinski definition) is 3. The highest BCUT2D eigenvalue weighted by Gasteiger charge is 2.06. The molecule has 66 valence electrons. The Hall–Kier alpha value is -0.450. The van der Waals surface area contributed by atoms with Gasteiger partial charge < -0.3 is 0 Å². The Morgan fingerprint density at radius 3 is 2.62 bits per heavy atom. The fraction of sp³-hybridized carbons (Fsp3) is 0. The fourth-order valence-corrected chi connectivity index (χ4v) is 1.61. The monoisotopic (exact) mass is 277 g/mol. The summed E-state index contributed by atoms with van der Waals surface area (Å²) in [4.78, 5) is 11.8. The van der Waals surface area contributed by atoms with Crippen LogP contribution < -0.4 is 0 Å². The summed E-state index contributed by atoms with van der Waals surface area (Å²) in [6.45, 7) is 0. The van der Waals surface area contributed by atoms with Crippen molar-refractivity contribution in [3.05, 3.63) is 27.3 Å². The second kappa shape index (κ2) is 3.36. The van der Waals surface area contributed by atoms with Gasteiger partial charge in [0.05, 0.1) is 9.99 Å². The van der Waals surface area contributed by atoms with E-state index in [4.69, 9.17) is 23.2 Å². The first-order valence-corrected chi connectivity index (χ1v) is 4.85. The average Bonchev–Trinajstić information content (AvgIpc) is 2.12. The summed E-state index contributed by atoms with van der Waals surface area (Å²) in [5, 5.41) is 1.35. The van der Waals surface area contributed by atoms with Gasteiger partial charge in [-0.25, -0.2) is 15.0 Å². The molecule has 2 aromatic rings. The molecule has 0 atom stereocenters. The van der Waals surface area contributed by atoms with E-state index in [0.29, 0.717) is 15.1 Å². The van der Waals surface area contributed by atoms with E-state index in [9.17, 15) is 0 Å². The van der Waals surface area contributed by atoms with Crippen LogP contribution >= 0.6 is 39.1 Å². The summed E-state index contributed by atoms with van der Waals surface area (Å²) in [5.74, 6) is 0. The van der Waals surface area contributed by atoms with Gasteiger partial charge in [-0.1, -0.05) is 11.6 Å². The smallest absolute Gasteiger partial charge is 0.222 e. The number of fused-ring (bicyclic) bond motifs is 1. The number of hydrogen-bond donors (Lipinski definition) is 0. The molecule has 0 saturated carbocycles. The maximum absolute atomic E-state index is 5.78. The van der Waals surface area contributed by atoms with Gasteiger partial charge in [0.1, 0.15) is 5.15 Å². The Morgan fingerprint density at radius 2 is 1.85 bits per heavy atom. The fourth-order valence-electron chi connectivity index (χ4n) is 0.920. The van der Waals surface area contributed by atoms with Gasteiger partial charge in [0, 0.05) is 17.8 Å². The van der Waals surface area contributed by atoms with Crippen LogP contribution in [0, 0.1) is 0 Å². The Labute approximate surface area is 92.2 Å². The van der Waals surface area contributed by atoms with Gasteiger partial charge in [0.25, 0.3) is 0 Å². The van der Waals surface area contributed by atoms with Crippen LogP contribution in [0.25, 0.3) is 10.9 Å². The molecule has 0 bridgehead atoms. The molecule has 0 spiro atoms. The molecule has 2 rings (SSSR count). The quantitative estimate of drug-likeness (QED) is 0.549. The van der Waals surface area contributed by atoms with Crippen LogP contribution in [0.3, 0.4) is 0 Å². The lowest BCUT2D eigenvalue weighted by atomic mass is 10.3. The summed E-state index contributed by atoms with van der Waals surface area (Å²) >= 11 is 14.7. The lowest BCUT2D eigenvalue weighted by molar-refractivity contribution is 1.20. The van der Waals surface area contributed by atoms with Gasteiger partial charge in [-0.15, -0.1) is 0 Å². The van der Waals surface area contributed by atoms with Crippen molar-refractivity contribution in [2.75, 3.05) is 0 Å². The number of rotatable bonds is 0. The highest BCUT2D eigenvalue weighted by Crippen LogP contribution is 2.27. The van der Waals surface area contributed by atoms with Crippen molar-refractivity contribution in [3.8, 4) is 0 Å². The average molecular weight is 279 g/mol. The minimum atomic E-state index is 0.190. The van der Waals surface area contributed by atoms with Gasteiger partial charge in [-0.05, 0) is 27.5 Å². The third-order valence-corrected chi connectivity index (χ3v) is 2.94. The first-order chi connectivity index (χ1) is 6.18. The van der Waals surface area contributed by atoms with E-state index in [2.05, 4.69) is 30.9 Å². The molecule has 13 heavy (non-hydrogen) atoms. The van der Waals surface area contributed by atoms with E-state index in [1.807, 2.05) is 0 Å². The van der Waals surface area contributed by atoms with Gasteiger partial charge >= 0.3 is 0 Å². The van der Waals surface area contributed by atoms with Crippen LogP contribution in [0.15, 0.2) is 16.9 Å². The molecule has 0 amide bonds. The van der Waals surface area contributed by atoms with Crippen LogP contribution in [0.4, 0.5) is 0 Å². The first kappa shape index (κ1) is 9.12. The lowest BCUT2D eigenvalue weighted by Gasteiger charge is -2.00. The van der Waals surface area contributed by atoms with Crippen LogP contribution in [-0.4, -0.2) is 15.0 Å².